The first-order valence-electron chi connectivity index (χ1n) is 18.2. The summed E-state index contributed by atoms with van der Waals surface area (Å²) in [5.41, 5.74) is 5.90. The van der Waals surface area contributed by atoms with Gasteiger partial charge in [0, 0.05) is 43.7 Å². The molecule has 310 valence electrons. The van der Waals surface area contributed by atoms with Gasteiger partial charge >= 0.3 is 12.2 Å². The van der Waals surface area contributed by atoms with Gasteiger partial charge in [-0.1, -0.05) is 24.3 Å². The number of carboxylic acid groups (broad SMARTS) is 1. The summed E-state index contributed by atoms with van der Waals surface area (Å²) in [6.07, 6.45) is 6.14. The molecule has 17 nitrogen and oxygen atoms in total. The van der Waals surface area contributed by atoms with Gasteiger partial charge in [-0.25, -0.2) is 22.4 Å². The standard InChI is InChI=1S/C19H33N5O5.C9H8FNO2.C9H13NO3S/c1-19(2,3)29-18(28)22-13(12-21-15(25)9-7-10-23(4)5)17(27)24-11-6-8-14(24)16(20)26;10-8-3-1-2-6-4-11(9(12)13)5-7(6)8;1-2-6-5-8(6)9(11)10-14(12,13)7-3-4-7/h7,9,13-14H,6,8,10-12H2,1-5H3,(H2,20,26)(H,21,25)(H,22,28);1-3H,4-5H2,(H,12,13);2,6-8H,1,3-5H2,(H,10,11)/b9-7+;;/t13-,14-;;6-,8+/m0.1/s1. The molecule has 1 saturated heterocycles. The number of nitrogens with two attached hydrogens (primary N) is 1. The van der Waals surface area contributed by atoms with Gasteiger partial charge in [0.2, 0.25) is 33.7 Å². The molecule has 2 aliphatic heterocycles. The number of likely N-dealkylation sites (N-methyl/N-ethyl adjacent to an activating group) is 1. The number of carbonyl (C=O) groups excluding carboxylic acids is 5. The molecule has 5 rings (SSSR count). The fourth-order valence-corrected chi connectivity index (χ4v) is 7.13. The number of allylic oxidation sites excluding steroid dienone is 1. The Balaban J connectivity index is 0.000000255. The molecule has 4 aliphatic rings. The van der Waals surface area contributed by atoms with Crippen LogP contribution < -0.4 is 21.1 Å². The maximum atomic E-state index is 13.1. The van der Waals surface area contributed by atoms with Crippen LogP contribution in [0.3, 0.4) is 0 Å². The number of ether oxygens (including phenoxy) is 1. The van der Waals surface area contributed by atoms with Gasteiger partial charge in [0.05, 0.1) is 11.8 Å². The van der Waals surface area contributed by atoms with E-state index in [1.807, 2.05) is 19.0 Å². The molecular weight excluding hydrogens is 754 g/mol. The van der Waals surface area contributed by atoms with Crippen molar-refractivity contribution in [1.29, 1.82) is 0 Å². The smallest absolute Gasteiger partial charge is 0.408 e. The number of primary amides is 1. The van der Waals surface area contributed by atoms with E-state index in [1.54, 1.807) is 45.1 Å². The molecule has 4 atom stereocenters. The van der Waals surface area contributed by atoms with Crippen molar-refractivity contribution >= 4 is 45.8 Å². The minimum absolute atomic E-state index is 0.148. The van der Waals surface area contributed by atoms with Crippen LogP contribution in [0.25, 0.3) is 0 Å². The molecule has 0 aromatic heterocycles. The third-order valence-corrected chi connectivity index (χ3v) is 10.8. The maximum absolute atomic E-state index is 13.1. The van der Waals surface area contributed by atoms with Gasteiger partial charge < -0.3 is 36.0 Å². The summed E-state index contributed by atoms with van der Waals surface area (Å²) in [7, 11) is 0.379. The van der Waals surface area contributed by atoms with Gasteiger partial charge in [-0.2, -0.15) is 0 Å². The van der Waals surface area contributed by atoms with Crippen LogP contribution in [-0.2, 0) is 47.0 Å². The van der Waals surface area contributed by atoms with Crippen molar-refractivity contribution in [2.75, 3.05) is 33.7 Å². The molecule has 2 heterocycles. The molecule has 0 unspecified atom stereocenters. The molecule has 56 heavy (non-hydrogen) atoms. The lowest BCUT2D eigenvalue weighted by atomic mass is 10.1. The largest absolute Gasteiger partial charge is 0.465 e. The highest BCUT2D eigenvalue weighted by Gasteiger charge is 2.44. The molecule has 2 saturated carbocycles. The molecule has 6 N–H and O–H groups in total. The second-order valence-corrected chi connectivity index (χ2v) is 17.1. The molecule has 0 bridgehead atoms. The SMILES string of the molecule is C=C[C@@H]1C[C@@H]1C(=O)NS(=O)(=O)C1CC1.CN(C)C/C=C/C(=O)NC[C@H](NC(=O)OC(C)(C)C)C(=O)N1CCC[C@H]1C(N)=O.O=C(O)N1Cc2cccc(F)c2C1. The van der Waals surface area contributed by atoms with Gasteiger partial charge in [0.15, 0.2) is 0 Å². The molecule has 6 amide bonds. The van der Waals surface area contributed by atoms with Crippen LogP contribution in [0.1, 0.15) is 64.0 Å². The number of benzene rings is 1. The number of rotatable bonds is 12. The summed E-state index contributed by atoms with van der Waals surface area (Å²) in [6.45, 7) is 9.92. The van der Waals surface area contributed by atoms with Crippen LogP contribution in [0.5, 0.6) is 0 Å². The van der Waals surface area contributed by atoms with E-state index in [4.69, 9.17) is 15.6 Å². The quantitative estimate of drug-likeness (QED) is 0.151. The van der Waals surface area contributed by atoms with Crippen molar-refractivity contribution in [1.82, 2.24) is 30.1 Å². The number of fused-ring (bicyclic) bond motifs is 1. The van der Waals surface area contributed by atoms with Gasteiger partial charge in [-0.05, 0) is 84.5 Å². The topological polar surface area (TPSA) is 238 Å². The number of carbonyl (C=O) groups is 6. The summed E-state index contributed by atoms with van der Waals surface area (Å²) in [5, 5.41) is 13.4. The Kier molecular flexibility index (Phi) is 16.0. The zero-order valence-electron chi connectivity index (χ0n) is 32.5. The molecule has 0 spiro atoms. The first kappa shape index (κ1) is 45.4. The molecule has 19 heteroatoms. The maximum Gasteiger partial charge on any atom is 0.408 e. The summed E-state index contributed by atoms with van der Waals surface area (Å²) < 4.78 is 43.2. The van der Waals surface area contributed by atoms with Crippen LogP contribution in [0.15, 0.2) is 43.0 Å². The van der Waals surface area contributed by atoms with E-state index >= 15 is 0 Å². The van der Waals surface area contributed by atoms with E-state index in [0.717, 1.165) is 12.0 Å². The Bertz CT molecular complexity index is 1780. The van der Waals surface area contributed by atoms with Crippen LogP contribution >= 0.6 is 0 Å². The summed E-state index contributed by atoms with van der Waals surface area (Å²) in [4.78, 5) is 75.1. The third kappa shape index (κ3) is 14.2. The zero-order valence-corrected chi connectivity index (χ0v) is 33.3. The normalized spacial score (nSPS) is 20.4. The lowest BCUT2D eigenvalue weighted by Gasteiger charge is -2.28. The number of likely N-dealkylation sites (tertiary alicyclic amines) is 1. The Morgan fingerprint density at radius 2 is 1.80 bits per heavy atom. The number of hydrogen-bond acceptors (Lipinski definition) is 10. The van der Waals surface area contributed by atoms with E-state index in [1.165, 1.54) is 21.9 Å². The fraction of sp³-hybridized carbons (Fsp3) is 0.568. The number of hydrogen-bond donors (Lipinski definition) is 5. The highest BCUT2D eigenvalue weighted by Crippen LogP contribution is 2.40. The second-order valence-electron chi connectivity index (χ2n) is 15.2. The number of nitrogens with zero attached hydrogens (tertiary/aromatic N) is 3. The number of nitrogens with one attached hydrogen (secondary N) is 3. The molecule has 1 aromatic rings. The monoisotopic (exact) mass is 807 g/mol. The van der Waals surface area contributed by atoms with Gasteiger partial charge in [-0.3, -0.25) is 28.8 Å². The Labute approximate surface area is 326 Å². The van der Waals surface area contributed by atoms with E-state index in [-0.39, 0.29) is 41.9 Å². The molecular formula is C37H54FN7O10S. The number of alkyl carbamates (subject to hydrolysis) is 1. The summed E-state index contributed by atoms with van der Waals surface area (Å²) in [5.74, 6) is -2.16. The van der Waals surface area contributed by atoms with Crippen molar-refractivity contribution < 1.29 is 51.4 Å². The van der Waals surface area contributed by atoms with E-state index in [0.29, 0.717) is 50.9 Å². The van der Waals surface area contributed by atoms with Crippen LogP contribution in [0.4, 0.5) is 14.0 Å². The van der Waals surface area contributed by atoms with Crippen molar-refractivity contribution in [3.63, 3.8) is 0 Å². The lowest BCUT2D eigenvalue weighted by molar-refractivity contribution is -0.139. The van der Waals surface area contributed by atoms with Crippen LogP contribution in [0, 0.1) is 17.7 Å². The number of amides is 6. The highest BCUT2D eigenvalue weighted by atomic mass is 32.2. The molecule has 2 aliphatic carbocycles. The minimum atomic E-state index is -3.36. The van der Waals surface area contributed by atoms with Crippen LogP contribution in [0.2, 0.25) is 0 Å². The summed E-state index contributed by atoms with van der Waals surface area (Å²) in [6, 6.07) is 2.89. The molecule has 3 fully saturated rings. The third-order valence-electron chi connectivity index (χ3n) is 8.96. The molecule has 0 radical (unpaired) electrons. The number of halogens is 1. The average Bonchev–Trinajstić information content (AvgIpc) is 4.01. The van der Waals surface area contributed by atoms with E-state index in [2.05, 4.69) is 21.9 Å². The first-order chi connectivity index (χ1) is 26.1. The fourth-order valence-electron chi connectivity index (χ4n) is 5.78. The predicted molar refractivity (Wildman–Crippen MR) is 203 cm³/mol. The Hall–Kier alpha value is -5.04. The van der Waals surface area contributed by atoms with Crippen molar-refractivity contribution in [3.8, 4) is 0 Å². The van der Waals surface area contributed by atoms with Gasteiger partial charge in [-0.15, -0.1) is 6.58 Å². The first-order valence-corrected chi connectivity index (χ1v) is 19.8. The van der Waals surface area contributed by atoms with Gasteiger partial charge in [0.25, 0.3) is 0 Å². The van der Waals surface area contributed by atoms with Crippen molar-refractivity contribution in [2.24, 2.45) is 17.6 Å². The molecule has 1 aromatic carbocycles. The summed E-state index contributed by atoms with van der Waals surface area (Å²) >= 11 is 0. The van der Waals surface area contributed by atoms with E-state index in [9.17, 15) is 41.6 Å². The minimum Gasteiger partial charge on any atom is -0.465 e. The Morgan fingerprint density at radius 1 is 1.12 bits per heavy atom. The van der Waals surface area contributed by atoms with Gasteiger partial charge in [0.1, 0.15) is 23.5 Å². The van der Waals surface area contributed by atoms with Crippen molar-refractivity contribution in [2.45, 2.75) is 88.9 Å². The predicted octanol–water partition coefficient (Wildman–Crippen LogP) is 1.83. The lowest BCUT2D eigenvalue weighted by Crippen LogP contribution is -2.56. The zero-order chi connectivity index (χ0) is 42.0. The number of sulfonamides is 1. The highest BCUT2D eigenvalue weighted by molar-refractivity contribution is 7.90. The Morgan fingerprint density at radius 3 is 2.34 bits per heavy atom. The van der Waals surface area contributed by atoms with Crippen LogP contribution in [-0.4, -0.2) is 121 Å². The van der Waals surface area contributed by atoms with E-state index < -0.39 is 57.6 Å². The second kappa shape index (κ2) is 19.7. The average molecular weight is 808 g/mol. The van der Waals surface area contributed by atoms with Crippen molar-refractivity contribution in [3.05, 3.63) is 60.0 Å².